The van der Waals surface area contributed by atoms with Crippen LogP contribution in [-0.2, 0) is 23.7 Å². The molecular formula is C20H41ClO5. The van der Waals surface area contributed by atoms with Crippen molar-refractivity contribution in [2.24, 2.45) is 0 Å². The Labute approximate surface area is 166 Å². The van der Waals surface area contributed by atoms with Gasteiger partial charge in [-0.3, -0.25) is 0 Å². The lowest BCUT2D eigenvalue weighted by molar-refractivity contribution is -0.0208. The monoisotopic (exact) mass is 396 g/mol. The minimum Gasteiger partial charge on any atom is -0.379 e. The van der Waals surface area contributed by atoms with E-state index in [1.807, 2.05) is 0 Å². The molecule has 1 unspecified atom stereocenters. The molecule has 0 aromatic carbocycles. The van der Waals surface area contributed by atoms with Crippen molar-refractivity contribution in [1.29, 1.82) is 0 Å². The molecule has 1 atom stereocenters. The summed E-state index contributed by atoms with van der Waals surface area (Å²) in [6.45, 7) is 9.97. The van der Waals surface area contributed by atoms with Crippen molar-refractivity contribution in [3.05, 3.63) is 0 Å². The molecule has 0 aromatic heterocycles. The largest absolute Gasteiger partial charge is 0.379 e. The Morgan fingerprint density at radius 2 is 1.08 bits per heavy atom. The Balaban J connectivity index is 3.18. The van der Waals surface area contributed by atoms with Gasteiger partial charge in [-0.2, -0.15) is 0 Å². The quantitative estimate of drug-likeness (QED) is 0.200. The van der Waals surface area contributed by atoms with E-state index in [1.165, 1.54) is 25.7 Å². The van der Waals surface area contributed by atoms with E-state index < -0.39 is 0 Å². The number of ether oxygens (including phenoxy) is 5. The first-order chi connectivity index (χ1) is 12.8. The number of rotatable bonds is 22. The van der Waals surface area contributed by atoms with Crippen molar-refractivity contribution in [3.8, 4) is 0 Å². The maximum Gasteiger partial charge on any atom is 0.0711 e. The smallest absolute Gasteiger partial charge is 0.0711 e. The molecular weight excluding hydrogens is 356 g/mol. The third kappa shape index (κ3) is 20.4. The van der Waals surface area contributed by atoms with Gasteiger partial charge in [-0.15, -0.1) is 11.6 Å². The van der Waals surface area contributed by atoms with E-state index in [-0.39, 0.29) is 6.10 Å². The van der Waals surface area contributed by atoms with E-state index in [1.54, 1.807) is 0 Å². The molecule has 0 heterocycles. The van der Waals surface area contributed by atoms with Crippen molar-refractivity contribution < 1.29 is 23.7 Å². The molecule has 6 heteroatoms. The summed E-state index contributed by atoms with van der Waals surface area (Å²) in [6, 6.07) is 0. The van der Waals surface area contributed by atoms with Crippen LogP contribution in [-0.4, -0.2) is 71.4 Å². The lowest BCUT2D eigenvalue weighted by atomic mass is 10.1. The molecule has 26 heavy (non-hydrogen) atoms. The van der Waals surface area contributed by atoms with Crippen molar-refractivity contribution in [1.82, 2.24) is 0 Å². The Bertz CT molecular complexity index is 256. The summed E-state index contributed by atoms with van der Waals surface area (Å²) < 4.78 is 27.5. The molecule has 0 aromatic rings. The summed E-state index contributed by atoms with van der Waals surface area (Å²) in [6.07, 6.45) is 8.45. The van der Waals surface area contributed by atoms with Crippen molar-refractivity contribution >= 4 is 11.6 Å². The molecule has 0 aliphatic carbocycles. The molecule has 158 valence electrons. The first-order valence-corrected chi connectivity index (χ1v) is 10.9. The van der Waals surface area contributed by atoms with E-state index in [9.17, 15) is 0 Å². The zero-order valence-corrected chi connectivity index (χ0v) is 17.8. The van der Waals surface area contributed by atoms with E-state index in [4.69, 9.17) is 35.3 Å². The average Bonchev–Trinajstić information content (AvgIpc) is 2.66. The van der Waals surface area contributed by atoms with Crippen LogP contribution in [0.5, 0.6) is 0 Å². The third-order valence-electron chi connectivity index (χ3n) is 3.89. The van der Waals surface area contributed by atoms with E-state index in [0.29, 0.717) is 58.7 Å². The second-order valence-electron chi connectivity index (χ2n) is 6.30. The maximum atomic E-state index is 5.94. The Morgan fingerprint density at radius 3 is 1.58 bits per heavy atom. The molecule has 0 fully saturated rings. The summed E-state index contributed by atoms with van der Waals surface area (Å²) in [4.78, 5) is 0. The minimum atomic E-state index is 0.150. The molecule has 0 amide bonds. The SMILES string of the molecule is CCCCCCC(CCl)OCCOCCOCCOCCOCCCC. The molecule has 0 spiro atoms. The van der Waals surface area contributed by atoms with Crippen LogP contribution in [0, 0.1) is 0 Å². The second-order valence-corrected chi connectivity index (χ2v) is 6.61. The second kappa shape index (κ2) is 23.1. The number of hydrogen-bond acceptors (Lipinski definition) is 5. The highest BCUT2D eigenvalue weighted by Gasteiger charge is 2.07. The van der Waals surface area contributed by atoms with Crippen molar-refractivity contribution in [3.63, 3.8) is 0 Å². The Hall–Kier alpha value is 0.0900. The van der Waals surface area contributed by atoms with Gasteiger partial charge in [0.05, 0.1) is 59.0 Å². The zero-order valence-electron chi connectivity index (χ0n) is 17.0. The van der Waals surface area contributed by atoms with Crippen molar-refractivity contribution in [2.75, 3.05) is 65.3 Å². The van der Waals surface area contributed by atoms with Gasteiger partial charge in [-0.05, 0) is 12.8 Å². The van der Waals surface area contributed by atoms with Crippen LogP contribution in [0.2, 0.25) is 0 Å². The first kappa shape index (κ1) is 26.1. The fraction of sp³-hybridized carbons (Fsp3) is 1.00. The number of alkyl halides is 1. The lowest BCUT2D eigenvalue weighted by Gasteiger charge is -2.15. The van der Waals surface area contributed by atoms with Gasteiger partial charge in [0.2, 0.25) is 0 Å². The van der Waals surface area contributed by atoms with Crippen LogP contribution < -0.4 is 0 Å². The van der Waals surface area contributed by atoms with Gasteiger partial charge < -0.3 is 23.7 Å². The molecule has 0 N–H and O–H groups in total. The maximum absolute atomic E-state index is 5.94. The van der Waals surface area contributed by atoms with Gasteiger partial charge in [-0.1, -0.05) is 46.0 Å². The van der Waals surface area contributed by atoms with Gasteiger partial charge in [0.1, 0.15) is 0 Å². The number of hydrogen-bond donors (Lipinski definition) is 0. The molecule has 0 radical (unpaired) electrons. The highest BCUT2D eigenvalue weighted by molar-refractivity contribution is 6.18. The Kier molecular flexibility index (Phi) is 23.2. The average molecular weight is 397 g/mol. The van der Waals surface area contributed by atoms with Gasteiger partial charge in [-0.25, -0.2) is 0 Å². The highest BCUT2D eigenvalue weighted by atomic mass is 35.5. The van der Waals surface area contributed by atoms with Crippen LogP contribution in [0.15, 0.2) is 0 Å². The van der Waals surface area contributed by atoms with Gasteiger partial charge in [0.25, 0.3) is 0 Å². The fourth-order valence-corrected chi connectivity index (χ4v) is 2.53. The highest BCUT2D eigenvalue weighted by Crippen LogP contribution is 2.09. The van der Waals surface area contributed by atoms with Gasteiger partial charge in [0.15, 0.2) is 0 Å². The minimum absolute atomic E-state index is 0.150. The zero-order chi connectivity index (χ0) is 19.1. The van der Waals surface area contributed by atoms with E-state index in [0.717, 1.165) is 25.9 Å². The normalized spacial score (nSPS) is 12.6. The summed E-state index contributed by atoms with van der Waals surface area (Å²) in [5, 5.41) is 0. The van der Waals surface area contributed by atoms with Crippen LogP contribution in [0.1, 0.15) is 58.8 Å². The van der Waals surface area contributed by atoms with Crippen LogP contribution >= 0.6 is 11.6 Å². The van der Waals surface area contributed by atoms with E-state index in [2.05, 4.69) is 13.8 Å². The lowest BCUT2D eigenvalue weighted by Crippen LogP contribution is -2.19. The molecule has 0 aliphatic heterocycles. The van der Waals surface area contributed by atoms with Crippen LogP contribution in [0.3, 0.4) is 0 Å². The van der Waals surface area contributed by atoms with Gasteiger partial charge >= 0.3 is 0 Å². The van der Waals surface area contributed by atoms with Crippen LogP contribution in [0.4, 0.5) is 0 Å². The molecule has 0 saturated heterocycles. The van der Waals surface area contributed by atoms with Crippen LogP contribution in [0.25, 0.3) is 0 Å². The number of unbranched alkanes of at least 4 members (excludes halogenated alkanes) is 4. The molecule has 0 bridgehead atoms. The van der Waals surface area contributed by atoms with Crippen molar-refractivity contribution in [2.45, 2.75) is 64.9 Å². The number of halogens is 1. The van der Waals surface area contributed by atoms with E-state index >= 15 is 0 Å². The summed E-state index contributed by atoms with van der Waals surface area (Å²) >= 11 is 5.94. The molecule has 0 aliphatic rings. The third-order valence-corrected chi connectivity index (χ3v) is 4.24. The molecule has 0 rings (SSSR count). The van der Waals surface area contributed by atoms with Gasteiger partial charge in [0, 0.05) is 12.5 Å². The fourth-order valence-electron chi connectivity index (χ4n) is 2.29. The predicted molar refractivity (Wildman–Crippen MR) is 107 cm³/mol. The standard InChI is InChI=1S/C20H41ClO5/c1-3-5-7-8-9-20(19-21)26-18-17-25-16-15-24-14-13-23-12-11-22-10-6-4-2/h20H,3-19H2,1-2H3. The summed E-state index contributed by atoms with van der Waals surface area (Å²) in [5.74, 6) is 0.554. The summed E-state index contributed by atoms with van der Waals surface area (Å²) in [7, 11) is 0. The predicted octanol–water partition coefficient (Wildman–Crippen LogP) is 4.45. The first-order valence-electron chi connectivity index (χ1n) is 10.3. The molecule has 5 nitrogen and oxygen atoms in total. The summed E-state index contributed by atoms with van der Waals surface area (Å²) in [5.41, 5.74) is 0. The topological polar surface area (TPSA) is 46.2 Å². The Morgan fingerprint density at radius 1 is 0.577 bits per heavy atom. The molecule has 0 saturated carbocycles.